The highest BCUT2D eigenvalue weighted by molar-refractivity contribution is 6.13. The topological polar surface area (TPSA) is 34.0 Å². The van der Waals surface area contributed by atoms with Crippen LogP contribution in [0.5, 0.6) is 5.75 Å². The molecule has 1 fully saturated rings. The molecule has 0 amide bonds. The number of ether oxygens (including phenoxy) is 1. The molecular formula is C18H17FN2O. The van der Waals surface area contributed by atoms with Gasteiger partial charge in [0.15, 0.2) is 17.4 Å². The van der Waals surface area contributed by atoms with Crippen LogP contribution >= 0.6 is 0 Å². The van der Waals surface area contributed by atoms with E-state index in [9.17, 15) is 4.39 Å². The van der Waals surface area contributed by atoms with Crippen LogP contribution in [0, 0.1) is 5.82 Å². The maximum atomic E-state index is 14.9. The number of amidine groups is 1. The maximum absolute atomic E-state index is 14.9. The first kappa shape index (κ1) is 13.4. The molecule has 3 nitrogen and oxygen atoms in total. The molecule has 1 aromatic carbocycles. The third-order valence-electron chi connectivity index (χ3n) is 4.59. The molecule has 0 bridgehead atoms. The Labute approximate surface area is 128 Å². The number of allylic oxidation sites excluding steroid dienone is 1. The minimum absolute atomic E-state index is 0.314. The molecule has 4 rings (SSSR count). The smallest absolute Gasteiger partial charge is 0.174 e. The van der Waals surface area contributed by atoms with Gasteiger partial charge in [0.25, 0.3) is 0 Å². The van der Waals surface area contributed by atoms with Crippen molar-refractivity contribution in [2.75, 3.05) is 7.11 Å². The number of halogens is 1. The average Bonchev–Trinajstić information content (AvgIpc) is 2.89. The normalized spacial score (nSPS) is 20.0. The zero-order valence-corrected chi connectivity index (χ0v) is 12.5. The van der Waals surface area contributed by atoms with Crippen molar-refractivity contribution in [1.29, 1.82) is 0 Å². The van der Waals surface area contributed by atoms with E-state index in [0.717, 1.165) is 30.4 Å². The van der Waals surface area contributed by atoms with Gasteiger partial charge in [0.05, 0.1) is 12.8 Å². The second-order valence-electron chi connectivity index (χ2n) is 5.85. The van der Waals surface area contributed by atoms with E-state index in [1.165, 1.54) is 13.5 Å². The van der Waals surface area contributed by atoms with Crippen molar-refractivity contribution >= 4 is 17.7 Å². The minimum Gasteiger partial charge on any atom is -0.493 e. The number of methoxy groups -OCH3 is 1. The molecule has 0 atom stereocenters. The van der Waals surface area contributed by atoms with Gasteiger partial charge < -0.3 is 4.74 Å². The van der Waals surface area contributed by atoms with Crippen molar-refractivity contribution < 1.29 is 9.13 Å². The zero-order chi connectivity index (χ0) is 15.1. The van der Waals surface area contributed by atoms with Crippen molar-refractivity contribution in [3.8, 4) is 5.75 Å². The first-order valence-corrected chi connectivity index (χ1v) is 7.68. The third kappa shape index (κ3) is 2.02. The molecule has 1 saturated carbocycles. The molecule has 112 valence electrons. The summed E-state index contributed by atoms with van der Waals surface area (Å²) in [7, 11) is 1.53. The fourth-order valence-electron chi connectivity index (χ4n) is 3.15. The Balaban J connectivity index is 1.77. The lowest BCUT2D eigenvalue weighted by Gasteiger charge is -2.27. The van der Waals surface area contributed by atoms with Crippen LogP contribution in [0.25, 0.3) is 5.70 Å². The van der Waals surface area contributed by atoms with E-state index in [1.54, 1.807) is 0 Å². The van der Waals surface area contributed by atoms with Gasteiger partial charge in [-0.2, -0.15) is 0 Å². The SMILES string of the molecule is COc1c(C2CCC2)ccc(C2=CC3=CCC=NC3=N2)c1F. The van der Waals surface area contributed by atoms with Gasteiger partial charge in [0.1, 0.15) is 0 Å². The molecule has 3 aliphatic rings. The molecule has 4 heteroatoms. The van der Waals surface area contributed by atoms with Crippen molar-refractivity contribution in [1.82, 2.24) is 0 Å². The van der Waals surface area contributed by atoms with E-state index in [-0.39, 0.29) is 5.82 Å². The highest BCUT2D eigenvalue weighted by atomic mass is 19.1. The molecule has 22 heavy (non-hydrogen) atoms. The monoisotopic (exact) mass is 296 g/mol. The highest BCUT2D eigenvalue weighted by Crippen LogP contribution is 2.43. The second-order valence-corrected chi connectivity index (χ2v) is 5.85. The van der Waals surface area contributed by atoms with Crippen LogP contribution in [-0.2, 0) is 0 Å². The third-order valence-corrected chi connectivity index (χ3v) is 4.59. The predicted molar refractivity (Wildman–Crippen MR) is 86.1 cm³/mol. The van der Waals surface area contributed by atoms with Gasteiger partial charge in [-0.3, -0.25) is 0 Å². The lowest BCUT2D eigenvalue weighted by molar-refractivity contribution is 0.354. The van der Waals surface area contributed by atoms with Crippen LogP contribution in [0.15, 0.2) is 39.8 Å². The molecule has 2 heterocycles. The largest absolute Gasteiger partial charge is 0.493 e. The highest BCUT2D eigenvalue weighted by Gasteiger charge is 2.27. The van der Waals surface area contributed by atoms with Crippen LogP contribution in [0.2, 0.25) is 0 Å². The number of dihydropyridines is 1. The molecule has 1 aliphatic carbocycles. The fraction of sp³-hybridized carbons (Fsp3) is 0.333. The van der Waals surface area contributed by atoms with Crippen molar-refractivity contribution in [3.05, 3.63) is 46.8 Å². The lowest BCUT2D eigenvalue weighted by Crippen LogP contribution is -2.11. The van der Waals surface area contributed by atoms with Crippen molar-refractivity contribution in [3.63, 3.8) is 0 Å². The molecular weight excluding hydrogens is 279 g/mol. The van der Waals surface area contributed by atoms with Gasteiger partial charge in [-0.25, -0.2) is 14.4 Å². The summed E-state index contributed by atoms with van der Waals surface area (Å²) < 4.78 is 20.2. The predicted octanol–water partition coefficient (Wildman–Crippen LogP) is 4.26. The van der Waals surface area contributed by atoms with E-state index in [1.807, 2.05) is 24.4 Å². The zero-order valence-electron chi connectivity index (χ0n) is 12.5. The van der Waals surface area contributed by atoms with Crippen LogP contribution < -0.4 is 4.74 Å². The van der Waals surface area contributed by atoms with E-state index < -0.39 is 0 Å². The first-order chi connectivity index (χ1) is 10.8. The average molecular weight is 296 g/mol. The molecule has 0 N–H and O–H groups in total. The standard InChI is InChI=1S/C18H17FN2O/c1-22-17-13(11-4-2-5-11)7-8-14(16(17)19)15-10-12-6-3-9-20-18(12)21-15/h6-11H,2-5H2,1H3. The van der Waals surface area contributed by atoms with E-state index in [0.29, 0.717) is 28.8 Å². The second kappa shape index (κ2) is 5.20. The Bertz CT molecular complexity index is 755. The number of hydrogen-bond acceptors (Lipinski definition) is 3. The summed E-state index contributed by atoms with van der Waals surface area (Å²) in [5.74, 6) is 1.15. The van der Waals surface area contributed by atoms with Gasteiger partial charge in [-0.15, -0.1) is 0 Å². The maximum Gasteiger partial charge on any atom is 0.174 e. The molecule has 0 aromatic heterocycles. The number of hydrogen-bond donors (Lipinski definition) is 0. The van der Waals surface area contributed by atoms with E-state index >= 15 is 0 Å². The molecule has 1 aromatic rings. The van der Waals surface area contributed by atoms with Gasteiger partial charge in [-0.1, -0.05) is 18.6 Å². The molecule has 0 spiro atoms. The van der Waals surface area contributed by atoms with Gasteiger partial charge in [0, 0.05) is 29.3 Å². The van der Waals surface area contributed by atoms with Crippen LogP contribution in [0.1, 0.15) is 42.7 Å². The lowest BCUT2D eigenvalue weighted by atomic mass is 9.79. The summed E-state index contributed by atoms with van der Waals surface area (Å²) in [5, 5.41) is 0. The molecule has 0 radical (unpaired) electrons. The minimum atomic E-state index is -0.314. The molecule has 0 unspecified atom stereocenters. The van der Waals surface area contributed by atoms with E-state index in [4.69, 9.17) is 4.74 Å². The van der Waals surface area contributed by atoms with Gasteiger partial charge in [0.2, 0.25) is 0 Å². The Morgan fingerprint density at radius 3 is 2.82 bits per heavy atom. The number of nitrogens with zero attached hydrogens (tertiary/aromatic N) is 2. The Kier molecular flexibility index (Phi) is 3.17. The number of rotatable bonds is 3. The van der Waals surface area contributed by atoms with Gasteiger partial charge >= 0.3 is 0 Å². The first-order valence-electron chi connectivity index (χ1n) is 7.68. The quantitative estimate of drug-likeness (QED) is 0.820. The van der Waals surface area contributed by atoms with Crippen molar-refractivity contribution in [2.24, 2.45) is 9.98 Å². The van der Waals surface area contributed by atoms with Crippen LogP contribution in [0.4, 0.5) is 4.39 Å². The summed E-state index contributed by atoms with van der Waals surface area (Å²) in [5.41, 5.74) is 3.06. The number of fused-ring (bicyclic) bond motifs is 1. The van der Waals surface area contributed by atoms with Crippen molar-refractivity contribution in [2.45, 2.75) is 31.6 Å². The van der Waals surface area contributed by atoms with Crippen LogP contribution in [0.3, 0.4) is 0 Å². The number of benzene rings is 1. The summed E-state index contributed by atoms with van der Waals surface area (Å²) in [6, 6.07) is 3.81. The fourth-order valence-corrected chi connectivity index (χ4v) is 3.15. The summed E-state index contributed by atoms with van der Waals surface area (Å²) >= 11 is 0. The molecule has 2 aliphatic heterocycles. The Morgan fingerprint density at radius 1 is 1.27 bits per heavy atom. The summed E-state index contributed by atoms with van der Waals surface area (Å²) in [4.78, 5) is 8.70. The number of aliphatic imine (C=N–C) groups is 2. The summed E-state index contributed by atoms with van der Waals surface area (Å²) in [6.07, 6.45) is 10.00. The van der Waals surface area contributed by atoms with E-state index in [2.05, 4.69) is 16.1 Å². The van der Waals surface area contributed by atoms with Crippen LogP contribution in [-0.4, -0.2) is 19.2 Å². The molecule has 0 saturated heterocycles. The van der Waals surface area contributed by atoms with Gasteiger partial charge in [-0.05, 0) is 30.9 Å². The Morgan fingerprint density at radius 2 is 2.14 bits per heavy atom. The Hall–Kier alpha value is -2.23. The summed E-state index contributed by atoms with van der Waals surface area (Å²) in [6.45, 7) is 0.